The molecule has 106 valence electrons. The van der Waals surface area contributed by atoms with E-state index in [2.05, 4.69) is 5.10 Å². The number of carboxylic acids is 1. The number of aromatic carboxylic acids is 1. The van der Waals surface area contributed by atoms with E-state index in [-0.39, 0.29) is 17.2 Å². The third-order valence-electron chi connectivity index (χ3n) is 2.62. The van der Waals surface area contributed by atoms with Gasteiger partial charge >= 0.3 is 5.97 Å². The van der Waals surface area contributed by atoms with Crippen LogP contribution in [0.3, 0.4) is 0 Å². The van der Waals surface area contributed by atoms with E-state index >= 15 is 0 Å². The zero-order valence-corrected chi connectivity index (χ0v) is 11.7. The number of anilines is 1. The summed E-state index contributed by atoms with van der Waals surface area (Å²) in [6.45, 7) is 1.99. The van der Waals surface area contributed by atoms with Gasteiger partial charge in [-0.3, -0.25) is 0 Å². The molecule has 0 fully saturated rings. The van der Waals surface area contributed by atoms with Gasteiger partial charge < -0.3 is 10.8 Å². The zero-order chi connectivity index (χ0) is 14.7. The first-order valence-electron chi connectivity index (χ1n) is 6.05. The van der Waals surface area contributed by atoms with Crippen molar-refractivity contribution >= 4 is 23.5 Å². The van der Waals surface area contributed by atoms with Crippen LogP contribution in [0.25, 0.3) is 5.69 Å². The summed E-state index contributed by atoms with van der Waals surface area (Å²) in [5.74, 6) is -0.698. The molecule has 0 saturated heterocycles. The third kappa shape index (κ3) is 2.77. The molecule has 1 heterocycles. The molecule has 2 aromatic rings. The van der Waals surface area contributed by atoms with E-state index in [4.69, 9.17) is 5.73 Å². The number of rotatable bonds is 5. The van der Waals surface area contributed by atoms with E-state index in [1.807, 2.05) is 6.92 Å². The number of carboxylic acid groups (broad SMARTS) is 1. The first kappa shape index (κ1) is 14.4. The number of halogens is 1. The molecule has 0 spiro atoms. The molecule has 0 aliphatic rings. The lowest BCUT2D eigenvalue weighted by molar-refractivity contribution is 0.0694. The van der Waals surface area contributed by atoms with E-state index in [9.17, 15) is 14.3 Å². The summed E-state index contributed by atoms with van der Waals surface area (Å²) in [5.41, 5.74) is 6.38. The summed E-state index contributed by atoms with van der Waals surface area (Å²) in [6.07, 6.45) is 0.896. The Morgan fingerprint density at radius 2 is 2.10 bits per heavy atom. The lowest BCUT2D eigenvalue weighted by atomic mass is 10.3. The number of hydrogen-bond donors (Lipinski definition) is 2. The van der Waals surface area contributed by atoms with Crippen molar-refractivity contribution in [2.75, 3.05) is 11.5 Å². The van der Waals surface area contributed by atoms with Crippen LogP contribution < -0.4 is 5.73 Å². The van der Waals surface area contributed by atoms with Gasteiger partial charge in [0.05, 0.1) is 5.69 Å². The highest BCUT2D eigenvalue weighted by molar-refractivity contribution is 7.99. The molecule has 0 radical (unpaired) electrons. The molecule has 0 atom stereocenters. The predicted octanol–water partition coefficient (Wildman–Crippen LogP) is 2.79. The standard InChI is InChI=1S/C13H14FN3O2S/c1-2-7-20-12-10(13(18)19)11(15)17(16-12)9-5-3-8(14)4-6-9/h3-6H,2,7,15H2,1H3,(H,18,19). The summed E-state index contributed by atoms with van der Waals surface area (Å²) in [4.78, 5) is 11.3. The van der Waals surface area contributed by atoms with Crippen molar-refractivity contribution in [3.63, 3.8) is 0 Å². The van der Waals surface area contributed by atoms with Crippen molar-refractivity contribution in [1.82, 2.24) is 9.78 Å². The lowest BCUT2D eigenvalue weighted by Crippen LogP contribution is -2.05. The van der Waals surface area contributed by atoms with Crippen molar-refractivity contribution in [1.29, 1.82) is 0 Å². The van der Waals surface area contributed by atoms with Crippen molar-refractivity contribution in [2.45, 2.75) is 18.4 Å². The minimum absolute atomic E-state index is 0.00669. The average molecular weight is 295 g/mol. The first-order valence-corrected chi connectivity index (χ1v) is 7.03. The molecule has 0 amide bonds. The Morgan fingerprint density at radius 1 is 1.45 bits per heavy atom. The highest BCUT2D eigenvalue weighted by Gasteiger charge is 2.22. The topological polar surface area (TPSA) is 81.1 Å². The molecular formula is C13H14FN3O2S. The predicted molar refractivity (Wildman–Crippen MR) is 75.9 cm³/mol. The molecule has 5 nitrogen and oxygen atoms in total. The van der Waals surface area contributed by atoms with Gasteiger partial charge in [-0.1, -0.05) is 6.92 Å². The second-order valence-corrected chi connectivity index (χ2v) is 5.19. The van der Waals surface area contributed by atoms with Crippen LogP contribution in [0.1, 0.15) is 23.7 Å². The van der Waals surface area contributed by atoms with Crippen LogP contribution in [-0.2, 0) is 0 Å². The Morgan fingerprint density at radius 3 is 2.65 bits per heavy atom. The van der Waals surface area contributed by atoms with Crippen LogP contribution in [0.15, 0.2) is 29.3 Å². The molecule has 0 saturated carbocycles. The number of thioether (sulfide) groups is 1. The minimum atomic E-state index is -1.12. The molecule has 3 N–H and O–H groups in total. The largest absolute Gasteiger partial charge is 0.477 e. The van der Waals surface area contributed by atoms with Crippen LogP contribution in [-0.4, -0.2) is 26.6 Å². The normalized spacial score (nSPS) is 10.7. The molecule has 1 aromatic carbocycles. The van der Waals surface area contributed by atoms with Gasteiger partial charge in [0, 0.05) is 0 Å². The van der Waals surface area contributed by atoms with Gasteiger partial charge in [-0.2, -0.15) is 5.10 Å². The summed E-state index contributed by atoms with van der Waals surface area (Å²) >= 11 is 1.34. The van der Waals surface area contributed by atoms with Gasteiger partial charge in [0.25, 0.3) is 0 Å². The smallest absolute Gasteiger partial charge is 0.342 e. The van der Waals surface area contributed by atoms with Crippen molar-refractivity contribution in [3.8, 4) is 5.69 Å². The highest BCUT2D eigenvalue weighted by Crippen LogP contribution is 2.29. The second kappa shape index (κ2) is 5.96. The van der Waals surface area contributed by atoms with Gasteiger partial charge in [0.15, 0.2) is 0 Å². The van der Waals surface area contributed by atoms with Crippen molar-refractivity contribution < 1.29 is 14.3 Å². The molecule has 0 unspecified atom stereocenters. The number of carbonyl (C=O) groups is 1. The number of hydrogen-bond acceptors (Lipinski definition) is 4. The molecule has 20 heavy (non-hydrogen) atoms. The fourth-order valence-corrected chi connectivity index (χ4v) is 2.56. The van der Waals surface area contributed by atoms with E-state index in [1.165, 1.54) is 40.7 Å². The number of nitrogens with two attached hydrogens (primary N) is 1. The molecule has 1 aromatic heterocycles. The number of nitrogen functional groups attached to an aromatic ring is 1. The maximum Gasteiger partial charge on any atom is 0.342 e. The van der Waals surface area contributed by atoms with E-state index in [0.29, 0.717) is 10.7 Å². The first-order chi connectivity index (χ1) is 9.54. The van der Waals surface area contributed by atoms with Crippen LogP contribution in [0.2, 0.25) is 0 Å². The Labute approximate surface area is 119 Å². The fourth-order valence-electron chi connectivity index (χ4n) is 1.69. The Hall–Kier alpha value is -2.02. The SMILES string of the molecule is CCCSc1nn(-c2ccc(F)cc2)c(N)c1C(=O)O. The molecule has 0 aliphatic carbocycles. The minimum Gasteiger partial charge on any atom is -0.477 e. The molecule has 2 rings (SSSR count). The fraction of sp³-hybridized carbons (Fsp3) is 0.231. The maximum atomic E-state index is 12.9. The number of benzene rings is 1. The second-order valence-electron chi connectivity index (χ2n) is 4.11. The molecule has 0 bridgehead atoms. The average Bonchev–Trinajstić information content (AvgIpc) is 2.74. The van der Waals surface area contributed by atoms with Crippen molar-refractivity contribution in [3.05, 3.63) is 35.6 Å². The zero-order valence-electron chi connectivity index (χ0n) is 10.8. The van der Waals surface area contributed by atoms with E-state index < -0.39 is 5.97 Å². The van der Waals surface area contributed by atoms with E-state index in [1.54, 1.807) is 0 Å². The van der Waals surface area contributed by atoms with Gasteiger partial charge in [-0.25, -0.2) is 13.9 Å². The molecule has 0 aliphatic heterocycles. The summed E-state index contributed by atoms with van der Waals surface area (Å²) in [6, 6.07) is 5.54. The van der Waals surface area contributed by atoms with Crippen LogP contribution >= 0.6 is 11.8 Å². The van der Waals surface area contributed by atoms with Crippen molar-refractivity contribution in [2.24, 2.45) is 0 Å². The van der Waals surface area contributed by atoms with Gasteiger partial charge in [0.1, 0.15) is 22.2 Å². The molecule has 7 heteroatoms. The van der Waals surface area contributed by atoms with Gasteiger partial charge in [-0.15, -0.1) is 11.8 Å². The summed E-state index contributed by atoms with van der Waals surface area (Å²) in [5, 5.41) is 13.8. The Balaban J connectivity index is 2.48. The summed E-state index contributed by atoms with van der Waals surface area (Å²) in [7, 11) is 0. The maximum absolute atomic E-state index is 12.9. The Kier molecular flexibility index (Phi) is 4.29. The van der Waals surface area contributed by atoms with Gasteiger partial charge in [-0.05, 0) is 36.4 Å². The number of nitrogens with zero attached hydrogens (tertiary/aromatic N) is 2. The number of aromatic nitrogens is 2. The monoisotopic (exact) mass is 295 g/mol. The van der Waals surface area contributed by atoms with Crippen LogP contribution in [0, 0.1) is 5.82 Å². The molecular weight excluding hydrogens is 281 g/mol. The summed E-state index contributed by atoms with van der Waals surface area (Å²) < 4.78 is 14.2. The highest BCUT2D eigenvalue weighted by atomic mass is 32.2. The quantitative estimate of drug-likeness (QED) is 0.829. The van der Waals surface area contributed by atoms with E-state index in [0.717, 1.165) is 12.2 Å². The Bertz CT molecular complexity index is 625. The lowest BCUT2D eigenvalue weighted by Gasteiger charge is -2.03. The van der Waals surface area contributed by atoms with Gasteiger partial charge in [0.2, 0.25) is 0 Å². The van der Waals surface area contributed by atoms with Crippen LogP contribution in [0.5, 0.6) is 0 Å². The third-order valence-corrected chi connectivity index (χ3v) is 3.79. The van der Waals surface area contributed by atoms with Crippen LogP contribution in [0.4, 0.5) is 10.2 Å².